The summed E-state index contributed by atoms with van der Waals surface area (Å²) in [4.78, 5) is 31.1. The maximum absolute atomic E-state index is 10.9. The number of hydrogen-bond donors (Lipinski definition) is 3. The molecular weight excluding hydrogens is 458 g/mol. The molecule has 1 aliphatic rings. The smallest absolute Gasteiger partial charge is 0.414 e. The van der Waals surface area contributed by atoms with Gasteiger partial charge in [-0.05, 0) is 42.7 Å². The number of piperidine rings is 1. The van der Waals surface area contributed by atoms with Gasteiger partial charge in [0.1, 0.15) is 0 Å². The van der Waals surface area contributed by atoms with Gasteiger partial charge in [-0.3, -0.25) is 15.0 Å². The number of hydrogen-bond acceptors (Lipinski definition) is 6. The Hall–Kier alpha value is -2.98. The van der Waals surface area contributed by atoms with Gasteiger partial charge in [-0.15, -0.1) is 0 Å². The molecule has 10 heteroatoms. The van der Waals surface area contributed by atoms with Crippen molar-refractivity contribution in [2.75, 3.05) is 18.4 Å². The van der Waals surface area contributed by atoms with Crippen LogP contribution in [0.4, 0.5) is 11.4 Å². The molecule has 30 heavy (non-hydrogen) atoms. The third kappa shape index (κ3) is 7.80. The first kappa shape index (κ1) is 23.3. The molecule has 0 unspecified atom stereocenters. The average molecular weight is 480 g/mol. The number of carbonyl (C=O) groups is 2. The van der Waals surface area contributed by atoms with Crippen molar-refractivity contribution in [3.8, 4) is 0 Å². The Balaban J connectivity index is 0.000000469. The molecule has 0 radical (unpaired) electrons. The van der Waals surface area contributed by atoms with Crippen LogP contribution in [0.3, 0.4) is 0 Å². The third-order valence-electron chi connectivity index (χ3n) is 4.51. The monoisotopic (exact) mass is 479 g/mol. The highest BCUT2D eigenvalue weighted by molar-refractivity contribution is 9.10. The van der Waals surface area contributed by atoms with Crippen LogP contribution in [0.25, 0.3) is 0 Å². The van der Waals surface area contributed by atoms with Gasteiger partial charge in [0.2, 0.25) is 0 Å². The molecule has 1 fully saturated rings. The lowest BCUT2D eigenvalue weighted by Gasteiger charge is -2.32. The Kier molecular flexibility index (Phi) is 8.75. The number of benzene rings is 2. The van der Waals surface area contributed by atoms with E-state index in [9.17, 15) is 10.1 Å². The van der Waals surface area contributed by atoms with Crippen LogP contribution in [0, 0.1) is 10.1 Å². The van der Waals surface area contributed by atoms with Gasteiger partial charge in [-0.1, -0.05) is 28.1 Å². The first-order valence-corrected chi connectivity index (χ1v) is 9.98. The van der Waals surface area contributed by atoms with Crippen molar-refractivity contribution in [3.63, 3.8) is 0 Å². The second-order valence-electron chi connectivity index (χ2n) is 6.74. The molecule has 160 valence electrons. The number of aliphatic carboxylic acids is 2. The Morgan fingerprint density at radius 1 is 1.10 bits per heavy atom. The summed E-state index contributed by atoms with van der Waals surface area (Å²) in [5.74, 6) is -3.65. The van der Waals surface area contributed by atoms with E-state index in [0.29, 0.717) is 6.04 Å². The highest BCUT2D eigenvalue weighted by Gasteiger charge is 2.19. The number of nitrogens with one attached hydrogen (secondary N) is 1. The minimum absolute atomic E-state index is 0.166. The number of anilines is 1. The first-order valence-electron chi connectivity index (χ1n) is 9.18. The lowest BCUT2D eigenvalue weighted by Crippen LogP contribution is -2.38. The molecule has 0 spiro atoms. The standard InChI is InChI=1S/C18H20BrN3O2.C2H2O4/c19-15-4-6-16(7-5-15)20-17-8-10-21(11-9-17)13-14-2-1-3-18(12-14)22(23)24;3-1(4)2(5)6/h1-7,12,17,20H,8-11,13H2;(H,3,4)(H,5,6). The van der Waals surface area contributed by atoms with E-state index in [2.05, 4.69) is 38.3 Å². The number of carboxylic acid groups (broad SMARTS) is 2. The van der Waals surface area contributed by atoms with Gasteiger partial charge in [0.05, 0.1) is 4.92 Å². The number of likely N-dealkylation sites (tertiary alicyclic amines) is 1. The van der Waals surface area contributed by atoms with Crippen molar-refractivity contribution in [2.24, 2.45) is 0 Å². The zero-order valence-corrected chi connectivity index (χ0v) is 17.6. The summed E-state index contributed by atoms with van der Waals surface area (Å²) in [6, 6.07) is 15.7. The molecule has 3 rings (SSSR count). The van der Waals surface area contributed by atoms with E-state index in [4.69, 9.17) is 19.8 Å². The lowest BCUT2D eigenvalue weighted by atomic mass is 10.0. The second-order valence-corrected chi connectivity index (χ2v) is 7.65. The molecule has 9 nitrogen and oxygen atoms in total. The zero-order valence-electron chi connectivity index (χ0n) is 16.0. The van der Waals surface area contributed by atoms with Crippen LogP contribution in [-0.2, 0) is 16.1 Å². The number of nitrogens with zero attached hydrogens (tertiary/aromatic N) is 2. The fourth-order valence-corrected chi connectivity index (χ4v) is 3.31. The van der Waals surface area contributed by atoms with E-state index in [1.165, 1.54) is 6.07 Å². The largest absolute Gasteiger partial charge is 0.473 e. The maximum Gasteiger partial charge on any atom is 0.414 e. The lowest BCUT2D eigenvalue weighted by molar-refractivity contribution is -0.384. The van der Waals surface area contributed by atoms with Crippen molar-refractivity contribution in [1.82, 2.24) is 4.90 Å². The molecule has 0 aliphatic carbocycles. The SMILES string of the molecule is O=C(O)C(=O)O.O=[N+]([O-])c1cccc(CN2CCC(Nc3ccc(Br)cc3)CC2)c1. The van der Waals surface area contributed by atoms with Crippen molar-refractivity contribution >= 4 is 39.2 Å². The van der Waals surface area contributed by atoms with Gasteiger partial charge in [0.25, 0.3) is 5.69 Å². The summed E-state index contributed by atoms with van der Waals surface area (Å²) < 4.78 is 1.08. The number of nitro benzene ring substituents is 1. The summed E-state index contributed by atoms with van der Waals surface area (Å²) >= 11 is 3.45. The third-order valence-corrected chi connectivity index (χ3v) is 5.04. The average Bonchev–Trinajstić information content (AvgIpc) is 2.72. The predicted octanol–water partition coefficient (Wildman–Crippen LogP) is 3.59. The molecule has 0 amide bonds. The van der Waals surface area contributed by atoms with Crippen molar-refractivity contribution < 1.29 is 24.7 Å². The molecule has 2 aromatic carbocycles. The summed E-state index contributed by atoms with van der Waals surface area (Å²) in [7, 11) is 0. The van der Waals surface area contributed by atoms with Crippen LogP contribution in [0.2, 0.25) is 0 Å². The van der Waals surface area contributed by atoms with E-state index in [0.717, 1.165) is 48.2 Å². The number of nitro groups is 1. The first-order chi connectivity index (χ1) is 14.2. The Morgan fingerprint density at radius 2 is 1.70 bits per heavy atom. The van der Waals surface area contributed by atoms with E-state index in [1.54, 1.807) is 12.1 Å². The Morgan fingerprint density at radius 3 is 2.23 bits per heavy atom. The van der Waals surface area contributed by atoms with Crippen LogP contribution in [0.5, 0.6) is 0 Å². The van der Waals surface area contributed by atoms with E-state index in [1.807, 2.05) is 18.2 Å². The summed E-state index contributed by atoms with van der Waals surface area (Å²) in [6.07, 6.45) is 2.15. The minimum atomic E-state index is -1.82. The Bertz CT molecular complexity index is 870. The van der Waals surface area contributed by atoms with Gasteiger partial charge in [-0.2, -0.15) is 0 Å². The predicted molar refractivity (Wildman–Crippen MR) is 114 cm³/mol. The van der Waals surface area contributed by atoms with Crippen LogP contribution >= 0.6 is 15.9 Å². The molecule has 3 N–H and O–H groups in total. The highest BCUT2D eigenvalue weighted by Crippen LogP contribution is 2.21. The fourth-order valence-electron chi connectivity index (χ4n) is 3.04. The van der Waals surface area contributed by atoms with Gasteiger partial charge in [-0.25, -0.2) is 9.59 Å². The van der Waals surface area contributed by atoms with Gasteiger partial charge in [0, 0.05) is 48.0 Å². The summed E-state index contributed by atoms with van der Waals surface area (Å²) in [5.41, 5.74) is 2.32. The van der Waals surface area contributed by atoms with Crippen molar-refractivity contribution in [3.05, 3.63) is 68.7 Å². The minimum Gasteiger partial charge on any atom is -0.473 e. The number of non-ortho nitro benzene ring substituents is 1. The van der Waals surface area contributed by atoms with Gasteiger partial charge >= 0.3 is 11.9 Å². The molecular formula is C20H22BrN3O6. The maximum atomic E-state index is 10.9. The number of rotatable bonds is 5. The van der Waals surface area contributed by atoms with Crippen LogP contribution in [0.1, 0.15) is 18.4 Å². The fraction of sp³-hybridized carbons (Fsp3) is 0.300. The summed E-state index contributed by atoms with van der Waals surface area (Å²) in [5, 5.41) is 29.2. The summed E-state index contributed by atoms with van der Waals surface area (Å²) in [6.45, 7) is 2.76. The van der Waals surface area contributed by atoms with Crippen LogP contribution in [0.15, 0.2) is 53.0 Å². The Labute approximate surface area is 181 Å². The number of carboxylic acids is 2. The molecule has 0 atom stereocenters. The highest BCUT2D eigenvalue weighted by atomic mass is 79.9. The molecule has 1 heterocycles. The van der Waals surface area contributed by atoms with Crippen molar-refractivity contribution in [1.29, 1.82) is 0 Å². The topological polar surface area (TPSA) is 133 Å². The van der Waals surface area contributed by atoms with E-state index < -0.39 is 11.9 Å². The number of halogens is 1. The molecule has 0 aromatic heterocycles. The normalized spacial score (nSPS) is 14.3. The van der Waals surface area contributed by atoms with E-state index in [-0.39, 0.29) is 10.6 Å². The zero-order chi connectivity index (χ0) is 22.1. The molecule has 2 aromatic rings. The molecule has 1 saturated heterocycles. The van der Waals surface area contributed by atoms with Gasteiger partial charge in [0.15, 0.2) is 0 Å². The van der Waals surface area contributed by atoms with Crippen LogP contribution < -0.4 is 5.32 Å². The molecule has 0 bridgehead atoms. The van der Waals surface area contributed by atoms with E-state index >= 15 is 0 Å². The second kappa shape index (κ2) is 11.3. The molecule has 0 saturated carbocycles. The van der Waals surface area contributed by atoms with Crippen LogP contribution in [-0.4, -0.2) is 51.1 Å². The quantitative estimate of drug-likeness (QED) is 0.336. The van der Waals surface area contributed by atoms with Gasteiger partial charge < -0.3 is 15.5 Å². The molecule has 1 aliphatic heterocycles. The van der Waals surface area contributed by atoms with Crippen molar-refractivity contribution in [2.45, 2.75) is 25.4 Å².